The van der Waals surface area contributed by atoms with Crippen LogP contribution in [0.2, 0.25) is 0 Å². The first-order valence-electron chi connectivity index (χ1n) is 4.42. The number of ketones is 1. The van der Waals surface area contributed by atoms with Crippen molar-refractivity contribution in [3.05, 3.63) is 54.0 Å². The van der Waals surface area contributed by atoms with E-state index in [4.69, 9.17) is 4.42 Å². The van der Waals surface area contributed by atoms with Crippen molar-refractivity contribution in [1.29, 1.82) is 0 Å². The summed E-state index contributed by atoms with van der Waals surface area (Å²) in [5.74, 6) is -0.165. The molecule has 0 unspecified atom stereocenters. The van der Waals surface area contributed by atoms with Gasteiger partial charge < -0.3 is 4.42 Å². The zero-order chi connectivity index (χ0) is 10.7. The van der Waals surface area contributed by atoms with Crippen LogP contribution in [0.25, 0.3) is 0 Å². The van der Waals surface area contributed by atoms with Crippen molar-refractivity contribution in [3.63, 3.8) is 0 Å². The van der Waals surface area contributed by atoms with Crippen molar-refractivity contribution in [2.75, 3.05) is 0 Å². The molecule has 0 aliphatic heterocycles. The van der Waals surface area contributed by atoms with Crippen molar-refractivity contribution >= 4 is 5.78 Å². The maximum Gasteiger partial charge on any atom is 0.172 e. The quantitative estimate of drug-likeness (QED) is 0.721. The third-order valence-corrected chi connectivity index (χ3v) is 1.94. The van der Waals surface area contributed by atoms with Crippen LogP contribution in [0, 0.1) is 5.82 Å². The highest BCUT2D eigenvalue weighted by atomic mass is 19.1. The summed E-state index contributed by atoms with van der Waals surface area (Å²) >= 11 is 0. The summed E-state index contributed by atoms with van der Waals surface area (Å²) in [6, 6.07) is 4.56. The van der Waals surface area contributed by atoms with Gasteiger partial charge in [-0.25, -0.2) is 4.39 Å². The van der Waals surface area contributed by atoms with Gasteiger partial charge in [0.05, 0.1) is 18.9 Å². The molecule has 3 nitrogen and oxygen atoms in total. The largest absolute Gasteiger partial charge is 0.469 e. The molecule has 15 heavy (non-hydrogen) atoms. The molecule has 0 aromatic carbocycles. The topological polar surface area (TPSA) is 43.1 Å². The smallest absolute Gasteiger partial charge is 0.172 e. The molecule has 0 bridgehead atoms. The molecule has 0 atom stereocenters. The minimum Gasteiger partial charge on any atom is -0.469 e. The third kappa shape index (κ3) is 2.28. The molecule has 0 aliphatic carbocycles. The average molecular weight is 205 g/mol. The molecule has 0 fully saturated rings. The van der Waals surface area contributed by atoms with Gasteiger partial charge >= 0.3 is 0 Å². The van der Waals surface area contributed by atoms with Crippen LogP contribution in [0.15, 0.2) is 41.3 Å². The number of pyridine rings is 1. The fourth-order valence-electron chi connectivity index (χ4n) is 1.24. The van der Waals surface area contributed by atoms with E-state index in [1.54, 1.807) is 12.1 Å². The van der Waals surface area contributed by atoms with Crippen molar-refractivity contribution in [3.8, 4) is 0 Å². The monoisotopic (exact) mass is 205 g/mol. The highest BCUT2D eigenvalue weighted by molar-refractivity contribution is 5.96. The van der Waals surface area contributed by atoms with Crippen LogP contribution in [-0.4, -0.2) is 10.8 Å². The fraction of sp³-hybridized carbons (Fsp3) is 0.0909. The Morgan fingerprint density at radius 2 is 2.33 bits per heavy atom. The van der Waals surface area contributed by atoms with E-state index in [0.29, 0.717) is 5.76 Å². The van der Waals surface area contributed by atoms with Crippen LogP contribution in [0.3, 0.4) is 0 Å². The summed E-state index contributed by atoms with van der Waals surface area (Å²) in [4.78, 5) is 15.2. The van der Waals surface area contributed by atoms with Crippen LogP contribution in [-0.2, 0) is 6.42 Å². The van der Waals surface area contributed by atoms with Gasteiger partial charge in [-0.3, -0.25) is 9.78 Å². The lowest BCUT2D eigenvalue weighted by atomic mass is 10.1. The second-order valence-electron chi connectivity index (χ2n) is 3.07. The molecule has 0 N–H and O–H groups in total. The number of hydrogen-bond acceptors (Lipinski definition) is 3. The summed E-state index contributed by atoms with van der Waals surface area (Å²) in [6.07, 6.45) is 4.02. The molecule has 0 saturated heterocycles. The lowest BCUT2D eigenvalue weighted by molar-refractivity contribution is 0.0986. The molecule has 2 aromatic heterocycles. The molecule has 0 amide bonds. The average Bonchev–Trinajstić information content (AvgIpc) is 2.70. The molecule has 2 rings (SSSR count). The lowest BCUT2D eigenvalue weighted by Crippen LogP contribution is -2.03. The van der Waals surface area contributed by atoms with Gasteiger partial charge in [0, 0.05) is 11.8 Å². The predicted molar refractivity (Wildman–Crippen MR) is 50.9 cm³/mol. The Kier molecular flexibility index (Phi) is 2.58. The van der Waals surface area contributed by atoms with Crippen LogP contribution in [0.5, 0.6) is 0 Å². The number of carbonyl (C=O) groups excluding carboxylic acids is 1. The number of aromatic nitrogens is 1. The number of carbonyl (C=O) groups is 1. The van der Waals surface area contributed by atoms with Crippen LogP contribution in [0.4, 0.5) is 4.39 Å². The summed E-state index contributed by atoms with van der Waals surface area (Å²) in [5.41, 5.74) is 0.256. The van der Waals surface area contributed by atoms with E-state index in [0.717, 1.165) is 12.3 Å². The zero-order valence-corrected chi connectivity index (χ0v) is 7.81. The van der Waals surface area contributed by atoms with E-state index in [2.05, 4.69) is 4.98 Å². The number of halogens is 1. The van der Waals surface area contributed by atoms with Crippen molar-refractivity contribution in [2.24, 2.45) is 0 Å². The first-order chi connectivity index (χ1) is 7.25. The van der Waals surface area contributed by atoms with Crippen molar-refractivity contribution < 1.29 is 13.6 Å². The number of nitrogens with zero attached hydrogens (tertiary/aromatic N) is 1. The molecule has 0 saturated carbocycles. The molecular weight excluding hydrogens is 197 g/mol. The van der Waals surface area contributed by atoms with Gasteiger partial charge in [0.15, 0.2) is 5.78 Å². The van der Waals surface area contributed by atoms with Gasteiger partial charge in [-0.1, -0.05) is 0 Å². The van der Waals surface area contributed by atoms with Gasteiger partial charge in [0.1, 0.15) is 11.6 Å². The molecule has 4 heteroatoms. The molecule has 2 aromatic rings. The summed E-state index contributed by atoms with van der Waals surface area (Å²) in [5, 5.41) is 0. The van der Waals surface area contributed by atoms with Crippen LogP contribution in [0.1, 0.15) is 16.1 Å². The number of rotatable bonds is 3. The summed E-state index contributed by atoms with van der Waals surface area (Å²) < 4.78 is 17.8. The Balaban J connectivity index is 2.15. The zero-order valence-electron chi connectivity index (χ0n) is 7.81. The Labute approximate surface area is 85.6 Å². The second kappa shape index (κ2) is 4.04. The normalized spacial score (nSPS) is 10.2. The number of hydrogen-bond donors (Lipinski definition) is 0. The highest BCUT2D eigenvalue weighted by Crippen LogP contribution is 2.08. The molecule has 76 valence electrons. The first-order valence-corrected chi connectivity index (χ1v) is 4.42. The van der Waals surface area contributed by atoms with Gasteiger partial charge in [-0.15, -0.1) is 0 Å². The Morgan fingerprint density at radius 1 is 1.47 bits per heavy atom. The van der Waals surface area contributed by atoms with Gasteiger partial charge in [0.2, 0.25) is 0 Å². The number of Topliss-reactive ketones (excluding diaryl/α,β-unsaturated/α-hetero) is 1. The summed E-state index contributed by atoms with van der Waals surface area (Å²) in [7, 11) is 0. The van der Waals surface area contributed by atoms with E-state index in [9.17, 15) is 9.18 Å². The molecule has 0 radical (unpaired) electrons. The maximum atomic E-state index is 12.8. The van der Waals surface area contributed by atoms with E-state index in [1.807, 2.05) is 0 Å². The van der Waals surface area contributed by atoms with E-state index in [1.165, 1.54) is 12.5 Å². The second-order valence-corrected chi connectivity index (χ2v) is 3.07. The standard InChI is InChI=1S/C11H8FNO2/c12-9-4-8(6-13-7-9)11(14)5-10-2-1-3-15-10/h1-4,6-7H,5H2. The van der Waals surface area contributed by atoms with Gasteiger partial charge in [0.25, 0.3) is 0 Å². The minimum atomic E-state index is -0.514. The SMILES string of the molecule is O=C(Cc1ccco1)c1cncc(F)c1. The molecular formula is C11H8FNO2. The first kappa shape index (κ1) is 9.58. The highest BCUT2D eigenvalue weighted by Gasteiger charge is 2.09. The van der Waals surface area contributed by atoms with E-state index in [-0.39, 0.29) is 17.8 Å². The molecule has 0 spiro atoms. The van der Waals surface area contributed by atoms with Crippen molar-refractivity contribution in [1.82, 2.24) is 4.98 Å². The van der Waals surface area contributed by atoms with E-state index >= 15 is 0 Å². The maximum absolute atomic E-state index is 12.8. The Morgan fingerprint density at radius 3 is 3.00 bits per heavy atom. The molecule has 2 heterocycles. The van der Waals surface area contributed by atoms with Gasteiger partial charge in [-0.05, 0) is 18.2 Å². The minimum absolute atomic E-state index is 0.123. The summed E-state index contributed by atoms with van der Waals surface area (Å²) in [6.45, 7) is 0. The van der Waals surface area contributed by atoms with Crippen LogP contribution >= 0.6 is 0 Å². The lowest BCUT2D eigenvalue weighted by Gasteiger charge is -1.97. The van der Waals surface area contributed by atoms with Crippen LogP contribution < -0.4 is 0 Å². The van der Waals surface area contributed by atoms with E-state index < -0.39 is 5.82 Å². The fourth-order valence-corrected chi connectivity index (χ4v) is 1.24. The predicted octanol–water partition coefficient (Wildman–Crippen LogP) is 2.24. The van der Waals surface area contributed by atoms with Gasteiger partial charge in [-0.2, -0.15) is 0 Å². The molecule has 0 aliphatic rings. The van der Waals surface area contributed by atoms with Crippen molar-refractivity contribution in [2.45, 2.75) is 6.42 Å². The third-order valence-electron chi connectivity index (χ3n) is 1.94. The Hall–Kier alpha value is -1.97. The Bertz CT molecular complexity index is 465. The number of furan rings is 1.